The van der Waals surface area contributed by atoms with Gasteiger partial charge in [0.05, 0.1) is 5.56 Å². The standard InChI is InChI=1S/C17H16N6O5S2/c1-22(2)30(26,27)23-12-19-17(20-23)29(24,25)21-14-7-9-15(10-8-14)28-16-6-4-3-5-13(16)11-18/h3-10,12,21H,1-2H3. The highest BCUT2D eigenvalue weighted by molar-refractivity contribution is 7.92. The van der Waals surface area contributed by atoms with Crippen LogP contribution in [0.15, 0.2) is 60.0 Å². The van der Waals surface area contributed by atoms with E-state index >= 15 is 0 Å². The van der Waals surface area contributed by atoms with Crippen molar-refractivity contribution >= 4 is 25.9 Å². The molecule has 2 aromatic carbocycles. The van der Waals surface area contributed by atoms with Crippen LogP contribution in [0.4, 0.5) is 5.69 Å². The van der Waals surface area contributed by atoms with E-state index in [2.05, 4.69) is 14.8 Å². The Morgan fingerprint density at radius 1 is 1.07 bits per heavy atom. The molecule has 13 heteroatoms. The van der Waals surface area contributed by atoms with Crippen LogP contribution in [0.25, 0.3) is 0 Å². The summed E-state index contributed by atoms with van der Waals surface area (Å²) in [5.74, 6) is 0.755. The molecule has 0 aliphatic rings. The van der Waals surface area contributed by atoms with Crippen LogP contribution in [0.5, 0.6) is 11.5 Å². The van der Waals surface area contributed by atoms with Crippen molar-refractivity contribution in [1.29, 1.82) is 5.26 Å². The lowest BCUT2D eigenvalue weighted by Gasteiger charge is -2.10. The number of benzene rings is 2. The molecule has 0 saturated heterocycles. The molecule has 0 radical (unpaired) electrons. The molecule has 0 amide bonds. The average molecular weight is 448 g/mol. The second kappa shape index (κ2) is 8.11. The number of ether oxygens (including phenoxy) is 1. The van der Waals surface area contributed by atoms with Crippen LogP contribution < -0.4 is 9.46 Å². The number of hydrogen-bond acceptors (Lipinski definition) is 8. The number of para-hydroxylation sites is 1. The summed E-state index contributed by atoms with van der Waals surface area (Å²) in [5, 5.41) is 11.9. The maximum Gasteiger partial charge on any atom is 0.323 e. The largest absolute Gasteiger partial charge is 0.456 e. The lowest BCUT2D eigenvalue weighted by molar-refractivity contribution is 0.481. The van der Waals surface area contributed by atoms with E-state index in [0.29, 0.717) is 21.1 Å². The van der Waals surface area contributed by atoms with Crippen LogP contribution in [0.3, 0.4) is 0 Å². The zero-order valence-corrected chi connectivity index (χ0v) is 17.4. The van der Waals surface area contributed by atoms with Crippen molar-refractivity contribution in [3.63, 3.8) is 0 Å². The summed E-state index contributed by atoms with van der Waals surface area (Å²) in [6.45, 7) is 0. The van der Waals surface area contributed by atoms with Gasteiger partial charge in [-0.25, -0.2) is 4.98 Å². The fourth-order valence-electron chi connectivity index (χ4n) is 2.20. The molecule has 11 nitrogen and oxygen atoms in total. The van der Waals surface area contributed by atoms with Gasteiger partial charge in [-0.3, -0.25) is 4.72 Å². The van der Waals surface area contributed by atoms with Gasteiger partial charge in [-0.2, -0.15) is 26.4 Å². The number of nitrogens with zero attached hydrogens (tertiary/aromatic N) is 5. The number of sulfonamides is 1. The van der Waals surface area contributed by atoms with Crippen LogP contribution >= 0.6 is 0 Å². The summed E-state index contributed by atoms with van der Waals surface area (Å²) in [4.78, 5) is 3.57. The van der Waals surface area contributed by atoms with Crippen LogP contribution in [0.2, 0.25) is 0 Å². The maximum absolute atomic E-state index is 12.4. The average Bonchev–Trinajstić information content (AvgIpc) is 3.22. The minimum absolute atomic E-state index is 0.183. The Morgan fingerprint density at radius 2 is 1.73 bits per heavy atom. The van der Waals surface area contributed by atoms with Crippen LogP contribution in [0, 0.1) is 11.3 Å². The van der Waals surface area contributed by atoms with Crippen molar-refractivity contribution in [1.82, 2.24) is 18.5 Å². The van der Waals surface area contributed by atoms with Crippen LogP contribution in [-0.2, 0) is 20.2 Å². The van der Waals surface area contributed by atoms with Gasteiger partial charge < -0.3 is 4.74 Å². The molecule has 1 N–H and O–H groups in total. The molecule has 3 rings (SSSR count). The van der Waals surface area contributed by atoms with Gasteiger partial charge in [-0.15, -0.1) is 9.19 Å². The molecule has 0 atom stereocenters. The van der Waals surface area contributed by atoms with E-state index in [1.54, 1.807) is 24.3 Å². The minimum atomic E-state index is -4.22. The fraction of sp³-hybridized carbons (Fsp3) is 0.118. The van der Waals surface area contributed by atoms with E-state index in [1.165, 1.54) is 38.4 Å². The molecule has 30 heavy (non-hydrogen) atoms. The molecular formula is C17H16N6O5S2. The number of hydrogen-bond donors (Lipinski definition) is 1. The highest BCUT2D eigenvalue weighted by Crippen LogP contribution is 2.26. The molecule has 0 aliphatic heterocycles. The predicted molar refractivity (Wildman–Crippen MR) is 107 cm³/mol. The molecular weight excluding hydrogens is 432 g/mol. The summed E-state index contributed by atoms with van der Waals surface area (Å²) in [5.41, 5.74) is 0.541. The summed E-state index contributed by atoms with van der Waals surface area (Å²) in [6, 6.07) is 14.6. The summed E-state index contributed by atoms with van der Waals surface area (Å²) in [6.07, 6.45) is 0.799. The number of anilines is 1. The Hall–Kier alpha value is -3.47. The first-order valence-electron chi connectivity index (χ1n) is 8.28. The molecule has 156 valence electrons. The first-order valence-corrected chi connectivity index (χ1v) is 11.2. The SMILES string of the molecule is CN(C)S(=O)(=O)n1cnc(S(=O)(=O)Nc2ccc(Oc3ccccc3C#N)cc2)n1. The van der Waals surface area contributed by atoms with Crippen molar-refractivity contribution in [3.8, 4) is 17.6 Å². The van der Waals surface area contributed by atoms with Crippen molar-refractivity contribution in [2.45, 2.75) is 5.16 Å². The van der Waals surface area contributed by atoms with Crippen LogP contribution in [0.1, 0.15) is 5.56 Å². The van der Waals surface area contributed by atoms with Gasteiger partial charge in [-0.1, -0.05) is 12.1 Å². The van der Waals surface area contributed by atoms with Crippen LogP contribution in [-0.4, -0.2) is 49.4 Å². The third kappa shape index (κ3) is 4.40. The van der Waals surface area contributed by atoms with Crippen molar-refractivity contribution < 1.29 is 21.6 Å². The zero-order chi connectivity index (χ0) is 21.9. The summed E-state index contributed by atoms with van der Waals surface area (Å²) in [7, 11) is -5.65. The predicted octanol–water partition coefficient (Wildman–Crippen LogP) is 1.40. The van der Waals surface area contributed by atoms with Gasteiger partial charge in [0.2, 0.25) is 0 Å². The monoisotopic (exact) mass is 448 g/mol. The van der Waals surface area contributed by atoms with Crippen molar-refractivity contribution in [2.75, 3.05) is 18.8 Å². The van der Waals surface area contributed by atoms with E-state index in [9.17, 15) is 16.8 Å². The van der Waals surface area contributed by atoms with E-state index in [-0.39, 0.29) is 5.69 Å². The molecule has 0 saturated carbocycles. The second-order valence-electron chi connectivity index (χ2n) is 6.03. The molecule has 1 heterocycles. The normalized spacial score (nSPS) is 11.8. The first-order chi connectivity index (χ1) is 14.1. The second-order valence-corrected chi connectivity index (χ2v) is 9.61. The Morgan fingerprint density at radius 3 is 2.37 bits per heavy atom. The van der Waals surface area contributed by atoms with Gasteiger partial charge in [0, 0.05) is 19.8 Å². The third-order valence-corrected chi connectivity index (χ3v) is 6.47. The summed E-state index contributed by atoms with van der Waals surface area (Å²) >= 11 is 0. The van der Waals surface area contributed by atoms with Gasteiger partial charge >= 0.3 is 10.2 Å². The quantitative estimate of drug-likeness (QED) is 0.570. The summed E-state index contributed by atoms with van der Waals surface area (Å²) < 4.78 is 58.1. The zero-order valence-electron chi connectivity index (χ0n) is 15.8. The third-order valence-electron chi connectivity index (χ3n) is 3.73. The Balaban J connectivity index is 1.77. The topological polar surface area (TPSA) is 147 Å². The number of nitriles is 1. The molecule has 0 aliphatic carbocycles. The lowest BCUT2D eigenvalue weighted by atomic mass is 10.2. The molecule has 0 bridgehead atoms. The Kier molecular flexibility index (Phi) is 5.74. The van der Waals surface area contributed by atoms with Gasteiger partial charge in [-0.05, 0) is 36.4 Å². The fourth-order valence-corrected chi connectivity index (χ4v) is 3.86. The maximum atomic E-state index is 12.4. The van der Waals surface area contributed by atoms with E-state index in [1.807, 2.05) is 6.07 Å². The van der Waals surface area contributed by atoms with Crippen molar-refractivity contribution in [3.05, 3.63) is 60.4 Å². The van der Waals surface area contributed by atoms with E-state index < -0.39 is 25.4 Å². The first kappa shape index (κ1) is 21.2. The van der Waals surface area contributed by atoms with Crippen molar-refractivity contribution in [2.24, 2.45) is 0 Å². The Bertz CT molecular complexity index is 1310. The molecule has 0 fully saturated rings. The van der Waals surface area contributed by atoms with E-state index in [0.717, 1.165) is 10.6 Å². The molecule has 0 unspecified atom stereocenters. The minimum Gasteiger partial charge on any atom is -0.456 e. The number of rotatable bonds is 7. The number of nitrogens with one attached hydrogen (secondary N) is 1. The van der Waals surface area contributed by atoms with E-state index in [4.69, 9.17) is 10.00 Å². The molecule has 0 spiro atoms. The lowest BCUT2D eigenvalue weighted by Crippen LogP contribution is -2.29. The Labute approximate surface area is 173 Å². The highest BCUT2D eigenvalue weighted by Gasteiger charge is 2.25. The van der Waals surface area contributed by atoms with Gasteiger partial charge in [0.1, 0.15) is 23.9 Å². The molecule has 1 aromatic heterocycles. The number of aromatic nitrogens is 3. The van der Waals surface area contributed by atoms with Gasteiger partial charge in [0.25, 0.3) is 15.2 Å². The highest BCUT2D eigenvalue weighted by atomic mass is 32.2. The smallest absolute Gasteiger partial charge is 0.323 e. The molecule has 3 aromatic rings. The van der Waals surface area contributed by atoms with Gasteiger partial charge in [0.15, 0.2) is 0 Å².